The molecule has 0 aromatic carbocycles. The van der Waals surface area contributed by atoms with Crippen LogP contribution in [0.25, 0.3) is 0 Å². The second kappa shape index (κ2) is 7.17. The van der Waals surface area contributed by atoms with E-state index >= 15 is 0 Å². The van der Waals surface area contributed by atoms with Gasteiger partial charge in [0.2, 0.25) is 11.8 Å². The summed E-state index contributed by atoms with van der Waals surface area (Å²) >= 11 is 0. The van der Waals surface area contributed by atoms with Crippen molar-refractivity contribution in [2.45, 2.75) is 32.1 Å². The summed E-state index contributed by atoms with van der Waals surface area (Å²) in [6.07, 6.45) is 5.38. The van der Waals surface area contributed by atoms with Gasteiger partial charge < -0.3 is 9.15 Å². The highest BCUT2D eigenvalue weighted by Crippen LogP contribution is 2.35. The number of hydrogen-bond donors (Lipinski definition) is 0. The summed E-state index contributed by atoms with van der Waals surface area (Å²) < 4.78 is 23.2. The van der Waals surface area contributed by atoms with Crippen LogP contribution in [-0.4, -0.2) is 26.3 Å². The fraction of sp³-hybridized carbons (Fsp3) is 0.529. The molecule has 3 rings (SSSR count). The maximum absolute atomic E-state index is 12.5. The van der Waals surface area contributed by atoms with E-state index in [4.69, 9.17) is 14.0 Å². The Balaban J connectivity index is 1.96. The van der Waals surface area contributed by atoms with Crippen LogP contribution in [0.15, 0.2) is 32.7 Å². The van der Waals surface area contributed by atoms with E-state index in [2.05, 4.69) is 11.6 Å². The lowest BCUT2D eigenvalue weighted by molar-refractivity contribution is 0.168. The van der Waals surface area contributed by atoms with E-state index < -0.39 is 12.3 Å². The molecular formula is C17H21FN2O4. The fourth-order valence-corrected chi connectivity index (χ4v) is 2.85. The smallest absolute Gasteiger partial charge is 0.337 e. The number of aryl methyl sites for hydroxylation is 1. The molecule has 1 aliphatic carbocycles. The molecular weight excluding hydrogens is 315 g/mol. The van der Waals surface area contributed by atoms with Crippen LogP contribution < -0.4 is 10.7 Å². The van der Waals surface area contributed by atoms with Crippen molar-refractivity contribution in [2.75, 3.05) is 25.5 Å². The highest BCUT2D eigenvalue weighted by Gasteiger charge is 2.31. The molecule has 0 saturated heterocycles. The van der Waals surface area contributed by atoms with Crippen molar-refractivity contribution >= 4 is 11.8 Å². The van der Waals surface area contributed by atoms with E-state index in [1.165, 1.54) is 31.1 Å². The van der Waals surface area contributed by atoms with Gasteiger partial charge in [-0.1, -0.05) is 25.8 Å². The molecule has 1 aromatic rings. The first-order chi connectivity index (χ1) is 11.6. The van der Waals surface area contributed by atoms with Crippen LogP contribution in [0.2, 0.25) is 0 Å². The van der Waals surface area contributed by atoms with Gasteiger partial charge in [-0.05, 0) is 24.3 Å². The Kier molecular flexibility index (Phi) is 4.99. The van der Waals surface area contributed by atoms with Crippen molar-refractivity contribution in [1.29, 1.82) is 0 Å². The average molecular weight is 336 g/mol. The first kappa shape index (κ1) is 16.7. The second-order valence-electron chi connectivity index (χ2n) is 5.95. The van der Waals surface area contributed by atoms with E-state index in [1.807, 2.05) is 0 Å². The third-order valence-electron chi connectivity index (χ3n) is 4.14. The van der Waals surface area contributed by atoms with Gasteiger partial charge in [0.05, 0.1) is 7.11 Å². The average Bonchev–Trinajstić information content (AvgIpc) is 3.36. The number of hydroxylamine groups is 1. The van der Waals surface area contributed by atoms with Crippen LogP contribution >= 0.6 is 0 Å². The molecule has 0 N–H and O–H groups in total. The summed E-state index contributed by atoms with van der Waals surface area (Å²) in [5.74, 6) is 1.41. The number of fused-ring (bicyclic) bond motifs is 1. The first-order valence-electron chi connectivity index (χ1n) is 8.12. The molecule has 130 valence electrons. The Bertz CT molecular complexity index is 709. The van der Waals surface area contributed by atoms with E-state index in [-0.39, 0.29) is 24.2 Å². The quantitative estimate of drug-likeness (QED) is 0.766. The highest BCUT2D eigenvalue weighted by atomic mass is 19.1. The maximum atomic E-state index is 12.5. The van der Waals surface area contributed by atoms with Crippen LogP contribution in [0.1, 0.15) is 36.8 Å². The zero-order chi connectivity index (χ0) is 17.1. The lowest BCUT2D eigenvalue weighted by Crippen LogP contribution is -2.30. The molecule has 1 aliphatic heterocycles. The third kappa shape index (κ3) is 3.51. The van der Waals surface area contributed by atoms with Gasteiger partial charge in [0.15, 0.2) is 5.82 Å². The zero-order valence-electron chi connectivity index (χ0n) is 13.7. The predicted octanol–water partition coefficient (Wildman–Crippen LogP) is 2.96. The summed E-state index contributed by atoms with van der Waals surface area (Å²) in [6.45, 7) is 2.99. The topological polar surface area (TPSA) is 64.3 Å². The Labute approximate surface area is 139 Å². The number of rotatable bonds is 7. The number of anilines is 1. The third-order valence-corrected chi connectivity index (χ3v) is 4.14. The van der Waals surface area contributed by atoms with Crippen molar-refractivity contribution < 1.29 is 18.4 Å². The fourth-order valence-electron chi connectivity index (χ4n) is 2.85. The van der Waals surface area contributed by atoms with Crippen LogP contribution in [0.4, 0.5) is 10.3 Å². The monoisotopic (exact) mass is 336 g/mol. The number of aliphatic imine (C=N–C) groups is 1. The Hall–Kier alpha value is -2.15. The lowest BCUT2D eigenvalue weighted by atomic mass is 10.0. The van der Waals surface area contributed by atoms with Crippen molar-refractivity contribution in [3.63, 3.8) is 0 Å². The molecule has 0 atom stereocenters. The molecule has 1 fully saturated rings. The molecule has 0 unspecified atom stereocenters. The summed E-state index contributed by atoms with van der Waals surface area (Å²) in [5.41, 5.74) is 0.832. The predicted molar refractivity (Wildman–Crippen MR) is 87.7 cm³/mol. The summed E-state index contributed by atoms with van der Waals surface area (Å²) in [7, 11) is 1.43. The summed E-state index contributed by atoms with van der Waals surface area (Å²) in [6, 6.07) is 1.45. The van der Waals surface area contributed by atoms with Crippen LogP contribution in [0.5, 0.6) is 0 Å². The number of alkyl halides is 1. The molecule has 1 aromatic heterocycles. The summed E-state index contributed by atoms with van der Waals surface area (Å²) in [4.78, 5) is 21.4. The van der Waals surface area contributed by atoms with E-state index in [0.717, 1.165) is 24.3 Å². The lowest BCUT2D eigenvalue weighted by Gasteiger charge is -2.27. The molecule has 6 nitrogen and oxygen atoms in total. The van der Waals surface area contributed by atoms with Gasteiger partial charge in [0, 0.05) is 6.07 Å². The zero-order valence-corrected chi connectivity index (χ0v) is 13.7. The largest absolute Gasteiger partial charge is 0.474 e. The van der Waals surface area contributed by atoms with Gasteiger partial charge in [0.1, 0.15) is 18.8 Å². The molecule has 0 radical (unpaired) electrons. The van der Waals surface area contributed by atoms with Crippen molar-refractivity contribution in [1.82, 2.24) is 0 Å². The van der Waals surface area contributed by atoms with Crippen LogP contribution in [-0.2, 0) is 16.0 Å². The van der Waals surface area contributed by atoms with Crippen LogP contribution in [0, 0.1) is 5.92 Å². The second-order valence-corrected chi connectivity index (χ2v) is 5.95. The minimum atomic E-state index is -0.636. The minimum absolute atomic E-state index is 0.126. The van der Waals surface area contributed by atoms with E-state index in [0.29, 0.717) is 12.0 Å². The van der Waals surface area contributed by atoms with Gasteiger partial charge in [-0.15, -0.1) is 0 Å². The van der Waals surface area contributed by atoms with E-state index in [1.54, 1.807) is 0 Å². The first-order valence-corrected chi connectivity index (χ1v) is 8.12. The minimum Gasteiger partial charge on any atom is -0.474 e. The number of hydrogen-bond acceptors (Lipinski definition) is 6. The van der Waals surface area contributed by atoms with Crippen molar-refractivity contribution in [2.24, 2.45) is 10.9 Å². The molecule has 7 heteroatoms. The molecule has 2 heterocycles. The van der Waals surface area contributed by atoms with E-state index in [9.17, 15) is 9.18 Å². The van der Waals surface area contributed by atoms with Gasteiger partial charge in [0.25, 0.3) is 0 Å². The standard InChI is InChI=1S/C17H21FN2O4/c1-11-19-16(23-9-8-18)15-13(5-3-4-12-6-7-12)10-14(21)24-17(15)20(11)22-2/h10,12H,1,3-9H2,2H3. The highest BCUT2D eigenvalue weighted by molar-refractivity contribution is 6.02. The van der Waals surface area contributed by atoms with Crippen LogP contribution in [0.3, 0.4) is 0 Å². The molecule has 24 heavy (non-hydrogen) atoms. The number of halogens is 1. The SMILES string of the molecule is C=C1N=C(OCCF)c2c(CCCC3CC3)cc(=O)oc2N1OC. The molecule has 2 aliphatic rings. The molecule has 0 amide bonds. The molecule has 0 bridgehead atoms. The Morgan fingerprint density at radius 2 is 2.29 bits per heavy atom. The molecule has 1 saturated carbocycles. The van der Waals surface area contributed by atoms with Gasteiger partial charge >= 0.3 is 5.63 Å². The van der Waals surface area contributed by atoms with Crippen molar-refractivity contribution in [3.8, 4) is 0 Å². The normalized spacial score (nSPS) is 16.8. The van der Waals surface area contributed by atoms with Gasteiger partial charge in [-0.25, -0.2) is 9.18 Å². The van der Waals surface area contributed by atoms with Gasteiger partial charge in [-0.3, -0.25) is 4.84 Å². The number of ether oxygens (including phenoxy) is 1. The summed E-state index contributed by atoms with van der Waals surface area (Å²) in [5, 5.41) is 1.24. The Morgan fingerprint density at radius 1 is 1.50 bits per heavy atom. The molecule has 0 spiro atoms. The number of nitrogens with zero attached hydrogens (tertiary/aromatic N) is 2. The maximum Gasteiger partial charge on any atom is 0.337 e. The van der Waals surface area contributed by atoms with Gasteiger partial charge in [-0.2, -0.15) is 10.1 Å². The Morgan fingerprint density at radius 3 is 2.96 bits per heavy atom. The van der Waals surface area contributed by atoms with Crippen molar-refractivity contribution in [3.05, 3.63) is 40.0 Å².